The van der Waals surface area contributed by atoms with Crippen LogP contribution in [0.25, 0.3) is 0 Å². The first-order valence-electron chi connectivity index (χ1n) is 8.08. The number of carbonyl (C=O) groups is 2. The third-order valence-corrected chi connectivity index (χ3v) is 4.47. The molecular formula is C19H28O4. The van der Waals surface area contributed by atoms with E-state index in [-0.39, 0.29) is 17.9 Å². The number of hydrogen-bond donors (Lipinski definition) is 1. The highest BCUT2D eigenvalue weighted by Gasteiger charge is 2.42. The van der Waals surface area contributed by atoms with Gasteiger partial charge in [-0.2, -0.15) is 0 Å². The minimum Gasteiger partial charge on any atom is -0.468 e. The van der Waals surface area contributed by atoms with Gasteiger partial charge in [-0.3, -0.25) is 9.59 Å². The molecule has 4 heteroatoms. The number of aliphatic hydroxyl groups is 1. The van der Waals surface area contributed by atoms with Gasteiger partial charge in [-0.25, -0.2) is 0 Å². The Bertz CT molecular complexity index is 552. The van der Waals surface area contributed by atoms with E-state index in [1.807, 2.05) is 32.1 Å². The van der Waals surface area contributed by atoms with Crippen LogP contribution < -0.4 is 0 Å². The first kappa shape index (κ1) is 19.4. The number of allylic oxidation sites excluding steroid dienone is 5. The summed E-state index contributed by atoms with van der Waals surface area (Å²) in [5.41, 5.74) is 1.64. The lowest BCUT2D eigenvalue weighted by atomic mass is 9.70. The third-order valence-electron chi connectivity index (χ3n) is 4.47. The zero-order valence-electron chi connectivity index (χ0n) is 14.8. The van der Waals surface area contributed by atoms with Crippen LogP contribution in [0, 0.1) is 5.41 Å². The molecule has 0 aromatic carbocycles. The molecule has 0 heterocycles. The molecule has 23 heavy (non-hydrogen) atoms. The second-order valence-corrected chi connectivity index (χ2v) is 6.49. The van der Waals surface area contributed by atoms with Gasteiger partial charge < -0.3 is 9.84 Å². The van der Waals surface area contributed by atoms with Crippen molar-refractivity contribution in [3.8, 4) is 0 Å². The summed E-state index contributed by atoms with van der Waals surface area (Å²) in [4.78, 5) is 24.2. The molecule has 128 valence electrons. The first-order valence-corrected chi connectivity index (χ1v) is 8.08. The summed E-state index contributed by atoms with van der Waals surface area (Å²) < 4.78 is 4.94. The van der Waals surface area contributed by atoms with Crippen molar-refractivity contribution in [1.82, 2.24) is 0 Å². The van der Waals surface area contributed by atoms with Crippen LogP contribution in [0.2, 0.25) is 0 Å². The van der Waals surface area contributed by atoms with Crippen LogP contribution >= 0.6 is 0 Å². The second-order valence-electron chi connectivity index (χ2n) is 6.49. The Balaban J connectivity index is 3.04. The number of hydrogen-bond acceptors (Lipinski definition) is 4. The molecule has 4 nitrogen and oxygen atoms in total. The van der Waals surface area contributed by atoms with E-state index in [0.717, 1.165) is 17.6 Å². The van der Waals surface area contributed by atoms with E-state index in [4.69, 9.17) is 4.74 Å². The van der Waals surface area contributed by atoms with Crippen molar-refractivity contribution < 1.29 is 19.4 Å². The maximum absolute atomic E-state index is 12.2. The molecule has 0 spiro atoms. The summed E-state index contributed by atoms with van der Waals surface area (Å²) in [5.74, 6) is -0.221. The van der Waals surface area contributed by atoms with Gasteiger partial charge in [0.05, 0.1) is 18.6 Å². The van der Waals surface area contributed by atoms with Gasteiger partial charge in [0.25, 0.3) is 0 Å². The molecule has 0 radical (unpaired) electrons. The molecule has 2 atom stereocenters. The Morgan fingerprint density at radius 1 is 1.48 bits per heavy atom. The van der Waals surface area contributed by atoms with Crippen LogP contribution in [0.5, 0.6) is 0 Å². The van der Waals surface area contributed by atoms with Gasteiger partial charge in [-0.15, -0.1) is 0 Å². The summed E-state index contributed by atoms with van der Waals surface area (Å²) in [6.07, 6.45) is 7.85. The second kappa shape index (κ2) is 8.25. The third kappa shape index (κ3) is 4.90. The van der Waals surface area contributed by atoms with E-state index in [1.165, 1.54) is 7.11 Å². The number of esters is 1. The van der Waals surface area contributed by atoms with Gasteiger partial charge in [0.1, 0.15) is 0 Å². The average Bonchev–Trinajstić information content (AvgIpc) is 2.50. The lowest BCUT2D eigenvalue weighted by Crippen LogP contribution is -2.35. The quantitative estimate of drug-likeness (QED) is 0.601. The lowest BCUT2D eigenvalue weighted by Gasteiger charge is -2.33. The topological polar surface area (TPSA) is 63.6 Å². The number of ketones is 1. The number of aliphatic hydroxyl groups excluding tert-OH is 1. The van der Waals surface area contributed by atoms with Crippen LogP contribution in [0.15, 0.2) is 34.9 Å². The summed E-state index contributed by atoms with van der Waals surface area (Å²) in [7, 11) is 1.38. The van der Waals surface area contributed by atoms with Gasteiger partial charge in [-0.1, -0.05) is 23.8 Å². The molecule has 1 N–H and O–H groups in total. The fourth-order valence-corrected chi connectivity index (χ4v) is 2.83. The summed E-state index contributed by atoms with van der Waals surface area (Å²) in [6, 6.07) is 0. The Morgan fingerprint density at radius 2 is 2.13 bits per heavy atom. The van der Waals surface area contributed by atoms with Crippen LogP contribution in [-0.4, -0.2) is 30.1 Å². The molecule has 1 rings (SSSR count). The maximum Gasteiger partial charge on any atom is 0.316 e. The zero-order valence-corrected chi connectivity index (χ0v) is 14.8. The average molecular weight is 320 g/mol. The van der Waals surface area contributed by atoms with E-state index < -0.39 is 5.41 Å². The predicted molar refractivity (Wildman–Crippen MR) is 90.9 cm³/mol. The monoisotopic (exact) mass is 320 g/mol. The van der Waals surface area contributed by atoms with Crippen molar-refractivity contribution in [3.63, 3.8) is 0 Å². The van der Waals surface area contributed by atoms with E-state index in [0.29, 0.717) is 24.8 Å². The highest BCUT2D eigenvalue weighted by atomic mass is 16.5. The highest BCUT2D eigenvalue weighted by molar-refractivity contribution is 6.00. The van der Waals surface area contributed by atoms with Gasteiger partial charge in [0.2, 0.25) is 0 Å². The molecule has 0 saturated heterocycles. The molecular weight excluding hydrogens is 292 g/mol. The van der Waals surface area contributed by atoms with Crippen molar-refractivity contribution in [2.24, 2.45) is 5.41 Å². The zero-order chi connectivity index (χ0) is 17.6. The minimum atomic E-state index is -0.775. The molecule has 0 unspecified atom stereocenters. The minimum absolute atomic E-state index is 0.0850. The number of Topliss-reactive ketones (excluding diaryl/α,β-unsaturated/α-hetero) is 1. The molecule has 1 aliphatic carbocycles. The van der Waals surface area contributed by atoms with Crippen LogP contribution in [-0.2, 0) is 14.3 Å². The van der Waals surface area contributed by atoms with Crippen LogP contribution in [0.4, 0.5) is 0 Å². The van der Waals surface area contributed by atoms with E-state index in [1.54, 1.807) is 13.8 Å². The Morgan fingerprint density at radius 3 is 2.70 bits per heavy atom. The molecule has 0 aliphatic heterocycles. The van der Waals surface area contributed by atoms with Crippen molar-refractivity contribution in [3.05, 3.63) is 34.9 Å². The number of rotatable bonds is 6. The van der Waals surface area contributed by atoms with Crippen molar-refractivity contribution in [2.45, 2.75) is 59.5 Å². The predicted octanol–water partition coefficient (Wildman–Crippen LogP) is 3.51. The van der Waals surface area contributed by atoms with Crippen molar-refractivity contribution >= 4 is 11.8 Å². The number of carbonyl (C=O) groups excluding carboxylic acids is 2. The van der Waals surface area contributed by atoms with E-state index >= 15 is 0 Å². The summed E-state index contributed by atoms with van der Waals surface area (Å²) >= 11 is 0. The molecule has 0 bridgehead atoms. The lowest BCUT2D eigenvalue weighted by molar-refractivity contribution is -0.150. The molecule has 0 fully saturated rings. The van der Waals surface area contributed by atoms with Crippen LogP contribution in [0.3, 0.4) is 0 Å². The van der Waals surface area contributed by atoms with Gasteiger partial charge in [0, 0.05) is 6.42 Å². The fraction of sp³-hybridized carbons (Fsp3) is 0.579. The molecule has 0 aromatic heterocycles. The Hall–Kier alpha value is -1.68. The highest BCUT2D eigenvalue weighted by Crippen LogP contribution is 2.41. The molecule has 0 aromatic rings. The SMILES string of the molecule is COC(=O)[C@@]1(C)CCC(=O)C(C)=C1/C=C\C(C)=C/CC[C@@H](C)O. The Labute approximate surface area is 138 Å². The smallest absolute Gasteiger partial charge is 0.316 e. The standard InChI is InChI=1S/C19H28O4/c1-13(7-6-8-14(2)20)9-10-16-15(3)17(21)11-12-19(16,4)18(22)23-5/h7,9-10,14,20H,6,8,11-12H2,1-5H3/b10-9-,13-7-/t14-,19+/m1/s1. The first-order chi connectivity index (χ1) is 10.7. The number of ether oxygens (including phenoxy) is 1. The van der Waals surface area contributed by atoms with Gasteiger partial charge in [0.15, 0.2) is 5.78 Å². The molecule has 0 saturated carbocycles. The van der Waals surface area contributed by atoms with E-state index in [2.05, 4.69) is 0 Å². The Kier molecular flexibility index (Phi) is 6.95. The molecule has 1 aliphatic rings. The number of methoxy groups -OCH3 is 1. The van der Waals surface area contributed by atoms with Crippen molar-refractivity contribution in [2.75, 3.05) is 7.11 Å². The maximum atomic E-state index is 12.2. The largest absolute Gasteiger partial charge is 0.468 e. The molecule has 0 amide bonds. The fourth-order valence-electron chi connectivity index (χ4n) is 2.83. The van der Waals surface area contributed by atoms with Crippen molar-refractivity contribution in [1.29, 1.82) is 0 Å². The van der Waals surface area contributed by atoms with Crippen LogP contribution in [0.1, 0.15) is 53.4 Å². The summed E-state index contributed by atoms with van der Waals surface area (Å²) in [6.45, 7) is 7.34. The van der Waals surface area contributed by atoms with Gasteiger partial charge in [-0.05, 0) is 58.1 Å². The normalized spacial score (nSPS) is 24.3. The summed E-state index contributed by atoms with van der Waals surface area (Å²) in [5, 5.41) is 9.28. The van der Waals surface area contributed by atoms with E-state index in [9.17, 15) is 14.7 Å². The van der Waals surface area contributed by atoms with Gasteiger partial charge >= 0.3 is 5.97 Å².